The molecule has 0 bridgehead atoms. The molecule has 5 rings (SSSR count). The van der Waals surface area contributed by atoms with Gasteiger partial charge in [-0.25, -0.2) is 13.2 Å². The summed E-state index contributed by atoms with van der Waals surface area (Å²) in [6.07, 6.45) is -4.22. The summed E-state index contributed by atoms with van der Waals surface area (Å²) in [5.74, 6) is -6.16. The van der Waals surface area contributed by atoms with Crippen LogP contribution in [-0.2, 0) is 28.9 Å². The van der Waals surface area contributed by atoms with E-state index in [4.69, 9.17) is 10.2 Å². The lowest BCUT2D eigenvalue weighted by atomic mass is 9.96. The number of pyridine rings is 1. The number of carbonyl (C=O) groups excluding carboxylic acids is 1. The Hall–Kier alpha value is -4.77. The van der Waals surface area contributed by atoms with Crippen molar-refractivity contribution in [3.8, 4) is 28.8 Å². The van der Waals surface area contributed by atoms with Crippen LogP contribution in [0.1, 0.15) is 42.8 Å². The molecule has 14 heteroatoms. The third-order valence-electron chi connectivity index (χ3n) is 6.97. The second kappa shape index (κ2) is 10.5. The quantitative estimate of drug-likeness (QED) is 0.274. The lowest BCUT2D eigenvalue weighted by Gasteiger charge is -2.25. The second-order valence-corrected chi connectivity index (χ2v) is 10.6. The molecular formula is C29H22F6N6O2. The predicted octanol–water partition coefficient (Wildman–Crippen LogP) is 6.11. The zero-order valence-electron chi connectivity index (χ0n) is 22.6. The molecule has 0 fully saturated rings. The lowest BCUT2D eigenvalue weighted by molar-refractivity contribution is -0.137. The Morgan fingerprint density at radius 1 is 1.12 bits per heavy atom. The zero-order chi connectivity index (χ0) is 31.3. The van der Waals surface area contributed by atoms with Crippen molar-refractivity contribution in [2.75, 3.05) is 4.90 Å². The molecule has 1 atom stereocenters. The molecule has 1 aliphatic heterocycles. The van der Waals surface area contributed by atoms with Gasteiger partial charge in [-0.1, -0.05) is 18.2 Å². The van der Waals surface area contributed by atoms with Crippen LogP contribution in [0.4, 0.5) is 32.0 Å². The molecule has 1 aliphatic rings. The number of hydrogen-bond donors (Lipinski definition) is 1. The van der Waals surface area contributed by atoms with Gasteiger partial charge >= 0.3 is 6.18 Å². The molecule has 2 N–H and O–H groups in total. The van der Waals surface area contributed by atoms with E-state index in [9.17, 15) is 23.2 Å². The van der Waals surface area contributed by atoms with Crippen LogP contribution in [0.25, 0.3) is 22.7 Å². The molecule has 222 valence electrons. The van der Waals surface area contributed by atoms with Crippen molar-refractivity contribution in [2.24, 2.45) is 5.73 Å². The van der Waals surface area contributed by atoms with Crippen LogP contribution in [-0.4, -0.2) is 27.1 Å². The number of alkyl halides is 5. The van der Waals surface area contributed by atoms with Crippen molar-refractivity contribution in [2.45, 2.75) is 50.4 Å². The molecule has 2 aromatic carbocycles. The second-order valence-electron chi connectivity index (χ2n) is 10.6. The van der Waals surface area contributed by atoms with Gasteiger partial charge in [0, 0.05) is 23.7 Å². The molecule has 1 amide bonds. The van der Waals surface area contributed by atoms with E-state index in [1.807, 2.05) is 6.07 Å². The number of fused-ring (bicyclic) bond motifs is 1. The average molecular weight is 601 g/mol. The Kier molecular flexibility index (Phi) is 7.25. The van der Waals surface area contributed by atoms with Gasteiger partial charge in [0.15, 0.2) is 0 Å². The highest BCUT2D eigenvalue weighted by molar-refractivity contribution is 5.99. The van der Waals surface area contributed by atoms with Crippen molar-refractivity contribution in [1.29, 1.82) is 5.26 Å². The third kappa shape index (κ3) is 5.68. The Morgan fingerprint density at radius 2 is 1.81 bits per heavy atom. The topological polar surface area (TPSA) is 122 Å². The Balaban J connectivity index is 1.52. The van der Waals surface area contributed by atoms with E-state index in [1.54, 1.807) is 0 Å². The minimum absolute atomic E-state index is 0.126. The van der Waals surface area contributed by atoms with Crippen LogP contribution in [0.5, 0.6) is 0 Å². The van der Waals surface area contributed by atoms with Gasteiger partial charge in [-0.05, 0) is 49.7 Å². The van der Waals surface area contributed by atoms with Crippen molar-refractivity contribution >= 4 is 11.6 Å². The van der Waals surface area contributed by atoms with E-state index in [-0.39, 0.29) is 29.6 Å². The summed E-state index contributed by atoms with van der Waals surface area (Å²) in [5, 5.41) is 16.9. The molecular weight excluding hydrogens is 578 g/mol. The molecule has 1 unspecified atom stereocenters. The summed E-state index contributed by atoms with van der Waals surface area (Å²) in [7, 11) is 0. The van der Waals surface area contributed by atoms with E-state index in [1.165, 1.54) is 44.3 Å². The monoisotopic (exact) mass is 600 g/mol. The summed E-state index contributed by atoms with van der Waals surface area (Å²) < 4.78 is 89.9. The first kappa shape index (κ1) is 29.7. The first-order valence-electron chi connectivity index (χ1n) is 12.8. The summed E-state index contributed by atoms with van der Waals surface area (Å²) >= 11 is 0. The summed E-state index contributed by atoms with van der Waals surface area (Å²) in [6, 6.07) is 9.32. The van der Waals surface area contributed by atoms with Gasteiger partial charge in [0.25, 0.3) is 11.8 Å². The normalized spacial score (nSPS) is 16.9. The maximum absolute atomic E-state index is 15.3. The molecule has 43 heavy (non-hydrogen) atoms. The number of amides is 1. The predicted molar refractivity (Wildman–Crippen MR) is 141 cm³/mol. The van der Waals surface area contributed by atoms with Gasteiger partial charge in [-0.3, -0.25) is 9.78 Å². The van der Waals surface area contributed by atoms with Crippen LogP contribution in [0.3, 0.4) is 0 Å². The Labute approximate surface area is 240 Å². The lowest BCUT2D eigenvalue weighted by Crippen LogP contribution is -2.43. The van der Waals surface area contributed by atoms with Crippen molar-refractivity contribution in [3.63, 3.8) is 0 Å². The molecule has 3 heterocycles. The average Bonchev–Trinajstić information content (AvgIpc) is 3.44. The van der Waals surface area contributed by atoms with Gasteiger partial charge < -0.3 is 15.1 Å². The van der Waals surface area contributed by atoms with E-state index in [0.29, 0.717) is 22.9 Å². The highest BCUT2D eigenvalue weighted by atomic mass is 19.4. The van der Waals surface area contributed by atoms with Crippen LogP contribution < -0.4 is 10.6 Å². The van der Waals surface area contributed by atoms with Gasteiger partial charge in [0.1, 0.15) is 11.2 Å². The van der Waals surface area contributed by atoms with E-state index in [0.717, 1.165) is 23.1 Å². The molecule has 4 aromatic rings. The number of rotatable bonds is 5. The largest absolute Gasteiger partial charge is 0.419 e. The number of halogens is 6. The first-order valence-corrected chi connectivity index (χ1v) is 12.8. The molecule has 2 aromatic heterocycles. The fourth-order valence-electron chi connectivity index (χ4n) is 4.53. The molecule has 0 aliphatic carbocycles. The zero-order valence-corrected chi connectivity index (χ0v) is 22.6. The van der Waals surface area contributed by atoms with Gasteiger partial charge in [0.2, 0.25) is 11.8 Å². The van der Waals surface area contributed by atoms with Crippen LogP contribution in [0, 0.1) is 17.1 Å². The van der Waals surface area contributed by atoms with Gasteiger partial charge in [-0.15, -0.1) is 10.2 Å². The highest BCUT2D eigenvalue weighted by Crippen LogP contribution is 2.45. The maximum atomic E-state index is 15.3. The first-order chi connectivity index (χ1) is 20.1. The molecule has 0 saturated carbocycles. The van der Waals surface area contributed by atoms with Gasteiger partial charge in [-0.2, -0.15) is 18.4 Å². The molecule has 0 saturated heterocycles. The summed E-state index contributed by atoms with van der Waals surface area (Å²) in [6.45, 7) is 2.70. The number of nitriles is 1. The smallest absolute Gasteiger partial charge is 0.416 e. The van der Waals surface area contributed by atoms with Crippen LogP contribution in [0.2, 0.25) is 0 Å². The molecule has 0 radical (unpaired) electrons. The van der Waals surface area contributed by atoms with Crippen LogP contribution in [0.15, 0.2) is 59.1 Å². The summed E-state index contributed by atoms with van der Waals surface area (Å²) in [4.78, 5) is 18.5. The Morgan fingerprint density at radius 3 is 2.42 bits per heavy atom. The third-order valence-corrected chi connectivity index (χ3v) is 6.97. The number of nitrogens with zero attached hydrogens (tertiary/aromatic N) is 5. The Bertz CT molecular complexity index is 1730. The molecule has 8 nitrogen and oxygen atoms in total. The SMILES string of the molecule is CC(C)(C#N)c1nnc(-c2cc3c(cc2F)C(F)(F)CC(N)C(=O)N3Cc2ccc(-c3ccc(C(F)(F)F)cc3)nc2)o1. The number of benzene rings is 2. The standard InChI is InChI=1S/C29H22F6N6O2/c1-27(2,14-36)26-40-39-24(43-26)18-9-23-19(10-20(18)30)28(31,32)11-21(37)25(42)41(23)13-15-3-8-22(38-12-15)16-4-6-17(7-5-16)29(33,34)35/h3-10,12,21H,11,13,37H2,1-2H3. The van der Waals surface area contributed by atoms with E-state index >= 15 is 13.2 Å². The number of anilines is 1. The van der Waals surface area contributed by atoms with E-state index in [2.05, 4.69) is 15.2 Å². The minimum Gasteiger partial charge on any atom is -0.419 e. The van der Waals surface area contributed by atoms with Crippen molar-refractivity contribution in [3.05, 3.63) is 83.1 Å². The minimum atomic E-state index is -4.49. The fraction of sp³-hybridized carbons (Fsp3) is 0.276. The summed E-state index contributed by atoms with van der Waals surface area (Å²) in [5.41, 5.74) is 3.42. The van der Waals surface area contributed by atoms with Crippen LogP contribution >= 0.6 is 0 Å². The van der Waals surface area contributed by atoms with Crippen molar-refractivity contribution in [1.82, 2.24) is 15.2 Å². The molecule has 0 spiro atoms. The maximum Gasteiger partial charge on any atom is 0.416 e. The number of aromatic nitrogens is 3. The number of nitrogens with two attached hydrogens (primary N) is 1. The van der Waals surface area contributed by atoms with Crippen molar-refractivity contribution < 1.29 is 35.6 Å². The van der Waals surface area contributed by atoms with Gasteiger partial charge in [0.05, 0.1) is 41.2 Å². The number of hydrogen-bond acceptors (Lipinski definition) is 7. The fourth-order valence-corrected chi connectivity index (χ4v) is 4.53. The number of carbonyl (C=O) groups is 1. The highest BCUT2D eigenvalue weighted by Gasteiger charge is 2.45. The van der Waals surface area contributed by atoms with E-state index < -0.39 is 52.8 Å².